The molecule has 3 aliphatic rings. The summed E-state index contributed by atoms with van der Waals surface area (Å²) < 4.78 is 5.61. The van der Waals surface area contributed by atoms with Gasteiger partial charge < -0.3 is 4.74 Å². The van der Waals surface area contributed by atoms with Gasteiger partial charge in [0.15, 0.2) is 0 Å². The van der Waals surface area contributed by atoms with E-state index in [0.717, 1.165) is 37.2 Å². The molecule has 3 heterocycles. The molecule has 0 N–H and O–H groups in total. The maximum Gasteiger partial charge on any atom is 0.0702 e. The van der Waals surface area contributed by atoms with Crippen molar-refractivity contribution in [3.05, 3.63) is 42.1 Å². The molecule has 1 aromatic carbocycles. The third-order valence-electron chi connectivity index (χ3n) is 6.63. The minimum Gasteiger partial charge on any atom is -0.381 e. The summed E-state index contributed by atoms with van der Waals surface area (Å²) in [6.07, 6.45) is 8.90. The van der Waals surface area contributed by atoms with E-state index in [1.807, 2.05) is 0 Å². The van der Waals surface area contributed by atoms with Crippen LogP contribution in [0.5, 0.6) is 0 Å². The molecule has 5 rings (SSSR count). The van der Waals surface area contributed by atoms with Crippen molar-refractivity contribution in [3.63, 3.8) is 0 Å². The van der Waals surface area contributed by atoms with Crippen LogP contribution in [-0.4, -0.2) is 35.7 Å². The van der Waals surface area contributed by atoms with Gasteiger partial charge in [-0.15, -0.1) is 0 Å². The Morgan fingerprint density at radius 3 is 2.79 bits per heavy atom. The number of aromatic nitrogens is 1. The van der Waals surface area contributed by atoms with Gasteiger partial charge in [0, 0.05) is 43.9 Å². The van der Waals surface area contributed by atoms with Gasteiger partial charge in [0.2, 0.25) is 0 Å². The molecular weight excluding hydrogens is 296 g/mol. The van der Waals surface area contributed by atoms with Gasteiger partial charge in [-0.25, -0.2) is 0 Å². The van der Waals surface area contributed by atoms with E-state index in [2.05, 4.69) is 46.4 Å². The summed E-state index contributed by atoms with van der Waals surface area (Å²) >= 11 is 0. The second-order valence-corrected chi connectivity index (χ2v) is 8.05. The zero-order valence-electron chi connectivity index (χ0n) is 14.3. The Hall–Kier alpha value is -1.45. The minimum absolute atomic E-state index is 0.645. The summed E-state index contributed by atoms with van der Waals surface area (Å²) in [6.45, 7) is 4.27. The van der Waals surface area contributed by atoms with Gasteiger partial charge >= 0.3 is 0 Å². The molecule has 1 spiro atoms. The van der Waals surface area contributed by atoms with Gasteiger partial charge in [-0.1, -0.05) is 24.6 Å². The number of para-hydroxylation sites is 1. The fourth-order valence-electron chi connectivity index (χ4n) is 5.38. The highest BCUT2D eigenvalue weighted by Gasteiger charge is 2.57. The van der Waals surface area contributed by atoms with E-state index in [0.29, 0.717) is 5.41 Å². The molecule has 3 fully saturated rings. The number of rotatable bonds is 3. The monoisotopic (exact) mass is 322 g/mol. The highest BCUT2D eigenvalue weighted by atomic mass is 16.5. The second kappa shape index (κ2) is 5.82. The Labute approximate surface area is 144 Å². The van der Waals surface area contributed by atoms with Crippen molar-refractivity contribution in [1.29, 1.82) is 0 Å². The van der Waals surface area contributed by atoms with Crippen molar-refractivity contribution in [2.45, 2.75) is 44.7 Å². The first-order valence-corrected chi connectivity index (χ1v) is 9.50. The van der Waals surface area contributed by atoms with Crippen molar-refractivity contribution in [1.82, 2.24) is 9.88 Å². The Morgan fingerprint density at radius 2 is 2.00 bits per heavy atom. The van der Waals surface area contributed by atoms with Crippen molar-refractivity contribution in [2.75, 3.05) is 19.8 Å². The highest BCUT2D eigenvalue weighted by molar-refractivity contribution is 5.78. The summed E-state index contributed by atoms with van der Waals surface area (Å²) in [6, 6.07) is 11.5. The summed E-state index contributed by atoms with van der Waals surface area (Å²) in [5.74, 6) is 0.834. The Morgan fingerprint density at radius 1 is 1.17 bits per heavy atom. The van der Waals surface area contributed by atoms with Gasteiger partial charge in [-0.05, 0) is 54.7 Å². The van der Waals surface area contributed by atoms with Crippen LogP contribution >= 0.6 is 0 Å². The lowest BCUT2D eigenvalue weighted by Gasteiger charge is -2.65. The summed E-state index contributed by atoms with van der Waals surface area (Å²) in [5, 5.41) is 1.26. The van der Waals surface area contributed by atoms with E-state index < -0.39 is 0 Å². The van der Waals surface area contributed by atoms with Crippen LogP contribution in [0.25, 0.3) is 10.9 Å². The third kappa shape index (κ3) is 2.37. The maximum absolute atomic E-state index is 5.61. The van der Waals surface area contributed by atoms with Gasteiger partial charge in [0.1, 0.15) is 0 Å². The van der Waals surface area contributed by atoms with Crippen molar-refractivity contribution in [3.8, 4) is 0 Å². The molecule has 2 aliphatic heterocycles. The average Bonchev–Trinajstić information content (AvgIpc) is 2.57. The predicted octanol–water partition coefficient (Wildman–Crippen LogP) is 4.02. The zero-order chi connectivity index (χ0) is 16.0. The molecule has 0 amide bonds. The van der Waals surface area contributed by atoms with Crippen LogP contribution < -0.4 is 0 Å². The first-order valence-electron chi connectivity index (χ1n) is 9.50. The molecular formula is C21H26N2O. The van der Waals surface area contributed by atoms with Gasteiger partial charge in [-0.2, -0.15) is 0 Å². The van der Waals surface area contributed by atoms with Gasteiger partial charge in [-0.3, -0.25) is 9.88 Å². The fourth-order valence-corrected chi connectivity index (χ4v) is 5.38. The molecule has 126 valence electrons. The Balaban J connectivity index is 1.36. The number of hydrogen-bond donors (Lipinski definition) is 0. The maximum atomic E-state index is 5.61. The van der Waals surface area contributed by atoms with Crippen molar-refractivity contribution in [2.24, 2.45) is 11.3 Å². The third-order valence-corrected chi connectivity index (χ3v) is 6.63. The van der Waals surface area contributed by atoms with Crippen LogP contribution in [0.4, 0.5) is 0 Å². The first kappa shape index (κ1) is 14.9. The second-order valence-electron chi connectivity index (χ2n) is 8.05. The fraction of sp³-hybridized carbons (Fsp3) is 0.571. The van der Waals surface area contributed by atoms with Crippen molar-refractivity contribution < 1.29 is 4.74 Å². The van der Waals surface area contributed by atoms with Crippen LogP contribution in [0.15, 0.2) is 36.5 Å². The largest absolute Gasteiger partial charge is 0.381 e. The molecule has 1 aliphatic carbocycles. The lowest BCUT2D eigenvalue weighted by Crippen LogP contribution is -2.69. The van der Waals surface area contributed by atoms with E-state index in [1.165, 1.54) is 49.6 Å². The molecule has 1 saturated carbocycles. The van der Waals surface area contributed by atoms with Crippen LogP contribution in [0.3, 0.4) is 0 Å². The van der Waals surface area contributed by atoms with E-state index >= 15 is 0 Å². The molecule has 0 bridgehead atoms. The number of fused-ring (bicyclic) bond motifs is 1. The molecule has 3 nitrogen and oxygen atoms in total. The van der Waals surface area contributed by atoms with Crippen LogP contribution in [0.1, 0.15) is 37.7 Å². The molecule has 0 radical (unpaired) electrons. The van der Waals surface area contributed by atoms with Crippen LogP contribution in [0.2, 0.25) is 0 Å². The lowest BCUT2D eigenvalue weighted by molar-refractivity contribution is -0.166. The first-order chi connectivity index (χ1) is 11.8. The molecule has 1 unspecified atom stereocenters. The van der Waals surface area contributed by atoms with Gasteiger partial charge in [0.05, 0.1) is 5.52 Å². The van der Waals surface area contributed by atoms with E-state index in [-0.39, 0.29) is 0 Å². The highest BCUT2D eigenvalue weighted by Crippen LogP contribution is 2.57. The normalized spacial score (nSPS) is 27.1. The van der Waals surface area contributed by atoms with Gasteiger partial charge in [0.25, 0.3) is 0 Å². The summed E-state index contributed by atoms with van der Waals surface area (Å²) in [4.78, 5) is 7.39. The summed E-state index contributed by atoms with van der Waals surface area (Å²) in [7, 11) is 0. The Bertz CT molecular complexity index is 733. The number of pyridine rings is 1. The molecule has 24 heavy (non-hydrogen) atoms. The van der Waals surface area contributed by atoms with Crippen molar-refractivity contribution >= 4 is 10.9 Å². The number of ether oxygens (including phenoxy) is 1. The molecule has 1 atom stereocenters. The van der Waals surface area contributed by atoms with Crippen LogP contribution in [0, 0.1) is 11.3 Å². The molecule has 2 saturated heterocycles. The topological polar surface area (TPSA) is 25.4 Å². The average molecular weight is 322 g/mol. The lowest BCUT2D eigenvalue weighted by atomic mass is 9.54. The van der Waals surface area contributed by atoms with E-state index in [1.54, 1.807) is 0 Å². The predicted molar refractivity (Wildman–Crippen MR) is 95.8 cm³/mol. The summed E-state index contributed by atoms with van der Waals surface area (Å²) in [5.41, 5.74) is 3.10. The molecule has 1 aromatic heterocycles. The smallest absolute Gasteiger partial charge is 0.0702 e. The van der Waals surface area contributed by atoms with E-state index in [4.69, 9.17) is 4.74 Å². The quantitative estimate of drug-likeness (QED) is 0.853. The molecule has 2 aromatic rings. The Kier molecular flexibility index (Phi) is 3.60. The number of likely N-dealkylation sites (tertiary alicyclic amines) is 1. The number of benzene rings is 1. The number of hydrogen-bond acceptors (Lipinski definition) is 3. The SMILES string of the molecule is c1ccc2ncc(CN3CC4(CCC4)C3C3CCOCC3)cc2c1. The zero-order valence-corrected chi connectivity index (χ0v) is 14.3. The minimum atomic E-state index is 0.645. The van der Waals surface area contributed by atoms with E-state index in [9.17, 15) is 0 Å². The van der Waals surface area contributed by atoms with Crippen LogP contribution in [-0.2, 0) is 11.3 Å². The number of nitrogens with zero attached hydrogens (tertiary/aromatic N) is 2. The molecule has 3 heteroatoms. The standard InChI is InChI=1S/C21H26N2O/c1-2-5-19-18(4-1)12-16(13-22-19)14-23-15-21(8-3-9-21)20(23)17-6-10-24-11-7-17/h1-2,4-5,12-13,17,20H,3,6-11,14-15H2.